The number of rotatable bonds is 33. The monoisotopic (exact) mass is 873 g/mol. The van der Waals surface area contributed by atoms with Crippen LogP contribution >= 0.6 is 0 Å². The van der Waals surface area contributed by atoms with Crippen molar-refractivity contribution in [3.8, 4) is 0 Å². The second-order valence-electron chi connectivity index (χ2n) is 16.9. The fourth-order valence-electron chi connectivity index (χ4n) is 8.27. The zero-order valence-corrected chi connectivity index (χ0v) is 40.2. The predicted molar refractivity (Wildman–Crippen MR) is 251 cm³/mol. The quantitative estimate of drug-likeness (QED) is 0.0388. The van der Waals surface area contributed by atoms with Crippen molar-refractivity contribution in [2.45, 2.75) is 244 Å². The average Bonchev–Trinajstić information content (AvgIpc) is 3.55. The molecule has 0 radical (unpaired) electrons. The first-order chi connectivity index (χ1) is 28.0. The van der Waals surface area contributed by atoms with E-state index in [1.165, 1.54) is 203 Å². The van der Waals surface area contributed by atoms with Gasteiger partial charge in [-0.2, -0.15) is 0 Å². The van der Waals surface area contributed by atoms with Crippen molar-refractivity contribution in [3.63, 3.8) is 0 Å². The summed E-state index contributed by atoms with van der Waals surface area (Å²) in [5.41, 5.74) is 23.8. The van der Waals surface area contributed by atoms with Crippen LogP contribution in [0.4, 0.5) is 0 Å². The Hall–Kier alpha value is -1.82. The third-order valence-corrected chi connectivity index (χ3v) is 13.2. The van der Waals surface area contributed by atoms with E-state index < -0.39 is 0 Å². The third-order valence-electron chi connectivity index (χ3n) is 11.6. The molecule has 1 aliphatic heterocycles. The molecule has 0 fully saturated rings. The van der Waals surface area contributed by atoms with Crippen molar-refractivity contribution in [2.24, 2.45) is 0 Å². The molecular weight excluding hydrogens is 783 g/mol. The van der Waals surface area contributed by atoms with Gasteiger partial charge in [-0.1, -0.05) is 169 Å². The molecule has 0 saturated carbocycles. The number of unbranched alkanes of at least 4 members (excludes halogenated alkanes) is 19. The molecule has 0 spiro atoms. The molecule has 57 heavy (non-hydrogen) atoms. The molecule has 0 bridgehead atoms. The number of allylic oxidation sites excluding steroid dienone is 2. The number of aryl methyl sites for hydroxylation is 4. The van der Waals surface area contributed by atoms with Gasteiger partial charge in [0.2, 0.25) is 11.4 Å². The number of nitrogens with zero attached hydrogens (tertiary/aromatic N) is 2. The van der Waals surface area contributed by atoms with Crippen molar-refractivity contribution < 1.29 is 22.7 Å². The summed E-state index contributed by atoms with van der Waals surface area (Å²) in [5.74, 6) is 0. The minimum absolute atomic E-state index is 0.978. The van der Waals surface area contributed by atoms with Crippen molar-refractivity contribution in [2.75, 3.05) is 0 Å². The van der Waals surface area contributed by atoms with E-state index in [2.05, 4.69) is 90.9 Å². The third kappa shape index (κ3) is 21.8. The molecular formula is C54H90N2Pd. The van der Waals surface area contributed by atoms with E-state index in [9.17, 15) is 5.53 Å². The summed E-state index contributed by atoms with van der Waals surface area (Å²) >= 11 is 1.04. The molecule has 0 aliphatic carbocycles. The molecule has 2 aromatic carbocycles. The summed E-state index contributed by atoms with van der Waals surface area (Å²) in [6, 6.07) is 14.6. The van der Waals surface area contributed by atoms with Crippen LogP contribution in [0.15, 0.2) is 48.0 Å². The van der Waals surface area contributed by atoms with Crippen LogP contribution in [0.25, 0.3) is 16.9 Å². The Kier molecular flexibility index (Phi) is 30.6. The van der Waals surface area contributed by atoms with Crippen LogP contribution in [-0.4, -0.2) is 4.70 Å². The first-order valence-corrected chi connectivity index (χ1v) is 26.8. The zero-order chi connectivity index (χ0) is 41.4. The first kappa shape index (κ1) is 51.3. The van der Waals surface area contributed by atoms with Gasteiger partial charge in [0, 0.05) is 22.8 Å². The van der Waals surface area contributed by atoms with Crippen molar-refractivity contribution in [3.05, 3.63) is 87.0 Å². The normalized spacial score (nSPS) is 12.8. The van der Waals surface area contributed by atoms with Crippen LogP contribution in [-0.2, 0) is 43.7 Å². The van der Waals surface area contributed by atoms with Gasteiger partial charge in [0.25, 0.3) is 0 Å². The van der Waals surface area contributed by atoms with E-state index in [4.69, 9.17) is 0 Å². The predicted octanol–water partition coefficient (Wildman–Crippen LogP) is 18.5. The van der Waals surface area contributed by atoms with Crippen LogP contribution in [0.2, 0.25) is 9.79 Å². The van der Waals surface area contributed by atoms with Crippen LogP contribution in [0.1, 0.15) is 242 Å². The van der Waals surface area contributed by atoms with Gasteiger partial charge in [-0.05, 0) is 111 Å². The Labute approximate surface area is 363 Å². The second kappa shape index (κ2) is 34.0. The summed E-state index contributed by atoms with van der Waals surface area (Å²) < 4.78 is 1.60. The summed E-state index contributed by atoms with van der Waals surface area (Å²) in [5, 5.41) is 0. The maximum absolute atomic E-state index is 12.3. The van der Waals surface area contributed by atoms with Gasteiger partial charge in [-0.15, -0.1) is 0 Å². The van der Waals surface area contributed by atoms with E-state index in [1.54, 1.807) is 4.70 Å². The number of benzene rings is 2. The fraction of sp³-hybridized carbons (Fsp3) is 0.704. The molecule has 2 aromatic rings. The molecule has 2 nitrogen and oxygen atoms in total. The molecule has 0 N–H and O–H groups in total. The zero-order valence-electron chi connectivity index (χ0n) is 38.7. The van der Waals surface area contributed by atoms with Crippen molar-refractivity contribution in [1.29, 1.82) is 0 Å². The fourth-order valence-corrected chi connectivity index (χ4v) is 9.05. The minimum atomic E-state index is 0.978. The molecule has 1 heterocycles. The van der Waals surface area contributed by atoms with Gasteiger partial charge < -0.3 is 5.53 Å². The molecule has 0 amide bonds. The van der Waals surface area contributed by atoms with Crippen molar-refractivity contribution >= 4 is 11.4 Å². The van der Waals surface area contributed by atoms with E-state index in [0.29, 0.717) is 0 Å². The topological polar surface area (TPSA) is 25.3 Å². The second-order valence-corrected chi connectivity index (χ2v) is 19.8. The maximum atomic E-state index is 12.3. The van der Waals surface area contributed by atoms with Gasteiger partial charge in [0.15, 0.2) is 0 Å². The van der Waals surface area contributed by atoms with E-state index in [1.807, 2.05) is 0 Å². The van der Waals surface area contributed by atoms with Crippen molar-refractivity contribution in [1.82, 2.24) is 0 Å². The Morgan fingerprint density at radius 2 is 0.702 bits per heavy atom. The van der Waals surface area contributed by atoms with E-state index in [0.717, 1.165) is 61.5 Å². The Bertz CT molecular complexity index is 1400. The Morgan fingerprint density at radius 1 is 0.386 bits per heavy atom. The Balaban J connectivity index is 0.00000210. The molecule has 0 aromatic heterocycles. The summed E-state index contributed by atoms with van der Waals surface area (Å²) in [4.78, 5) is 2.79. The van der Waals surface area contributed by atoms with E-state index >= 15 is 0 Å². The number of hydrogen-bond donors (Lipinski definition) is 0. The van der Waals surface area contributed by atoms with Crippen LogP contribution < -0.4 is 0 Å². The molecule has 0 unspecified atom stereocenters. The summed E-state index contributed by atoms with van der Waals surface area (Å²) in [7, 11) is 0. The van der Waals surface area contributed by atoms with Gasteiger partial charge >= 0.3 is 41.6 Å². The molecule has 0 atom stereocenters. The van der Waals surface area contributed by atoms with Gasteiger partial charge in [-0.3, -0.25) is 0 Å². The Morgan fingerprint density at radius 3 is 1.07 bits per heavy atom. The van der Waals surface area contributed by atoms with Gasteiger partial charge in [-0.25, -0.2) is 4.70 Å². The van der Waals surface area contributed by atoms with Crippen LogP contribution in [0.3, 0.4) is 0 Å². The molecule has 326 valence electrons. The standard InChI is InChI=1S/C50H80N2.2C2H5.Pd/c1-6-11-16-19-22-27-32-43-35-42(30-25-14-9-4)37-47(38-43)49-41-46(34-29-24-21-18-13-8-3)50(52(49)51)48-39-44(31-26-15-10-5)36-45(40-48)33-28-23-20-17-12-7-2;2*1-2;/h35-41H,6-34H2,1-5H3;2*1H2,2H3;. The van der Waals surface area contributed by atoms with Crippen LogP contribution in [0, 0.1) is 0 Å². The molecule has 3 heteroatoms. The SMILES string of the molecule is CCCCCCCCC1=C(c2cc(CCCCC)cc(CCCCCCCC)c2)[N+](=[N-])C(c2cc(CCCCC)cc(CCCCCCCC)c2)=C1.C[CH2][Pd][CH2]C. The van der Waals surface area contributed by atoms with Gasteiger partial charge in [0.1, 0.15) is 0 Å². The summed E-state index contributed by atoms with van der Waals surface area (Å²) in [6.07, 6.45) is 39.0. The number of hydrogen-bond acceptors (Lipinski definition) is 0. The molecule has 1 aliphatic rings. The molecule has 0 saturated heterocycles. The first-order valence-electron chi connectivity index (χ1n) is 24.6. The van der Waals surface area contributed by atoms with E-state index in [-0.39, 0.29) is 0 Å². The summed E-state index contributed by atoms with van der Waals surface area (Å²) in [6.45, 7) is 16.0. The van der Waals surface area contributed by atoms with Crippen LogP contribution in [0.5, 0.6) is 0 Å². The van der Waals surface area contributed by atoms with Gasteiger partial charge in [0.05, 0.1) is 0 Å². The average molecular weight is 874 g/mol. The molecule has 3 rings (SSSR count).